The van der Waals surface area contributed by atoms with Gasteiger partial charge in [-0.2, -0.15) is 0 Å². The van der Waals surface area contributed by atoms with Crippen LogP contribution < -0.4 is 4.74 Å². The van der Waals surface area contributed by atoms with Crippen molar-refractivity contribution in [1.29, 1.82) is 0 Å². The van der Waals surface area contributed by atoms with Gasteiger partial charge in [-0.25, -0.2) is 4.98 Å². The molecule has 0 aliphatic carbocycles. The lowest BCUT2D eigenvalue weighted by Gasteiger charge is -2.07. The van der Waals surface area contributed by atoms with Gasteiger partial charge in [-0.15, -0.1) is 11.3 Å². The topological polar surface area (TPSA) is 27.1 Å². The summed E-state index contributed by atoms with van der Waals surface area (Å²) in [5.41, 5.74) is 3.68. The quantitative estimate of drug-likeness (QED) is 0.539. The number of nitrogens with zero attached hydrogens (tertiary/aromatic N) is 2. The van der Waals surface area contributed by atoms with Crippen molar-refractivity contribution in [2.75, 3.05) is 7.11 Å². The number of ether oxygens (including phenoxy) is 1. The Morgan fingerprint density at radius 3 is 2.74 bits per heavy atom. The van der Waals surface area contributed by atoms with Crippen LogP contribution in [0, 0.1) is 6.92 Å². The van der Waals surface area contributed by atoms with Crippen molar-refractivity contribution in [2.45, 2.75) is 19.9 Å². The molecule has 2 aromatic heterocycles. The first-order chi connectivity index (χ1) is 11.3. The molecule has 0 spiro atoms. The van der Waals surface area contributed by atoms with Gasteiger partial charge < -0.3 is 9.30 Å². The second-order valence-corrected chi connectivity index (χ2v) is 6.84. The van der Waals surface area contributed by atoms with Gasteiger partial charge in [-0.05, 0) is 37.1 Å². The third-order valence-electron chi connectivity index (χ3n) is 4.18. The lowest BCUT2D eigenvalue weighted by atomic mass is 10.1. The van der Waals surface area contributed by atoms with Gasteiger partial charge in [-0.1, -0.05) is 30.3 Å². The van der Waals surface area contributed by atoms with Crippen molar-refractivity contribution >= 4 is 32.6 Å². The Morgan fingerprint density at radius 1 is 1.13 bits per heavy atom. The fourth-order valence-corrected chi connectivity index (χ4v) is 4.03. The highest BCUT2D eigenvalue weighted by Gasteiger charge is 2.15. The number of rotatable bonds is 4. The number of thiazole rings is 1. The standard InChI is InChI=1S/C19H18N2OS/c1-13-20-18-16-12-15(22-2)8-9-17(16)21(19(18)23-13)11-10-14-6-4-3-5-7-14/h3-9,12H,10-11H2,1-2H3. The van der Waals surface area contributed by atoms with Gasteiger partial charge in [0.1, 0.15) is 16.1 Å². The number of aryl methyl sites for hydroxylation is 3. The summed E-state index contributed by atoms with van der Waals surface area (Å²) in [5.74, 6) is 0.880. The molecule has 3 nitrogen and oxygen atoms in total. The van der Waals surface area contributed by atoms with E-state index in [9.17, 15) is 0 Å². The molecule has 4 heteroatoms. The summed E-state index contributed by atoms with van der Waals surface area (Å²) in [7, 11) is 1.71. The normalized spacial score (nSPS) is 11.4. The van der Waals surface area contributed by atoms with Crippen molar-refractivity contribution in [3.05, 3.63) is 59.1 Å². The molecule has 0 aliphatic heterocycles. The van der Waals surface area contributed by atoms with E-state index in [-0.39, 0.29) is 0 Å². The summed E-state index contributed by atoms with van der Waals surface area (Å²) in [6.07, 6.45) is 1.02. The lowest BCUT2D eigenvalue weighted by Crippen LogP contribution is -2.00. The first kappa shape index (κ1) is 14.3. The molecule has 4 rings (SSSR count). The van der Waals surface area contributed by atoms with Crippen molar-refractivity contribution in [2.24, 2.45) is 0 Å². The van der Waals surface area contributed by atoms with E-state index < -0.39 is 0 Å². The van der Waals surface area contributed by atoms with Crippen LogP contribution in [0.5, 0.6) is 5.75 Å². The Balaban J connectivity index is 1.82. The maximum Gasteiger partial charge on any atom is 0.124 e. The van der Waals surface area contributed by atoms with Crippen LogP contribution in [0.2, 0.25) is 0 Å². The average molecular weight is 322 g/mol. The Labute approximate surface area is 139 Å². The second kappa shape index (κ2) is 5.70. The number of methoxy groups -OCH3 is 1. The van der Waals surface area contributed by atoms with Crippen molar-refractivity contribution in [3.8, 4) is 5.75 Å². The van der Waals surface area contributed by atoms with E-state index in [4.69, 9.17) is 9.72 Å². The predicted molar refractivity (Wildman–Crippen MR) is 96.6 cm³/mol. The molecule has 0 aliphatic rings. The third kappa shape index (κ3) is 2.49. The minimum absolute atomic E-state index is 0.880. The Hall–Kier alpha value is -2.33. The second-order valence-electron chi connectivity index (χ2n) is 5.66. The minimum atomic E-state index is 0.880. The molecule has 0 fully saturated rings. The van der Waals surface area contributed by atoms with Crippen LogP contribution in [-0.4, -0.2) is 16.7 Å². The van der Waals surface area contributed by atoms with Crippen molar-refractivity contribution < 1.29 is 4.74 Å². The maximum absolute atomic E-state index is 5.38. The summed E-state index contributed by atoms with van der Waals surface area (Å²) in [4.78, 5) is 5.99. The van der Waals surface area contributed by atoms with E-state index in [1.165, 1.54) is 21.3 Å². The first-order valence-electron chi connectivity index (χ1n) is 7.73. The van der Waals surface area contributed by atoms with E-state index >= 15 is 0 Å². The van der Waals surface area contributed by atoms with Gasteiger partial charge in [0.25, 0.3) is 0 Å². The van der Waals surface area contributed by atoms with Crippen LogP contribution in [0.1, 0.15) is 10.6 Å². The summed E-state index contributed by atoms with van der Waals surface area (Å²) < 4.78 is 7.77. The van der Waals surface area contributed by atoms with Crippen LogP contribution in [0.3, 0.4) is 0 Å². The first-order valence-corrected chi connectivity index (χ1v) is 8.55. The Bertz CT molecular complexity index is 969. The molecule has 0 atom stereocenters. The van der Waals surface area contributed by atoms with Crippen molar-refractivity contribution in [1.82, 2.24) is 9.55 Å². The fraction of sp³-hybridized carbons (Fsp3) is 0.211. The fourth-order valence-electron chi connectivity index (χ4n) is 3.06. The molecule has 0 N–H and O–H groups in total. The van der Waals surface area contributed by atoms with E-state index in [2.05, 4.69) is 54.0 Å². The van der Waals surface area contributed by atoms with Gasteiger partial charge in [0.15, 0.2) is 0 Å². The van der Waals surface area contributed by atoms with Gasteiger partial charge in [0, 0.05) is 11.9 Å². The van der Waals surface area contributed by atoms with E-state index in [1.807, 2.05) is 6.07 Å². The highest BCUT2D eigenvalue weighted by molar-refractivity contribution is 7.18. The summed E-state index contributed by atoms with van der Waals surface area (Å²) >= 11 is 1.76. The largest absolute Gasteiger partial charge is 0.497 e. The maximum atomic E-state index is 5.38. The number of aromatic nitrogens is 2. The van der Waals surface area contributed by atoms with Gasteiger partial charge in [-0.3, -0.25) is 0 Å². The van der Waals surface area contributed by atoms with Crippen molar-refractivity contribution in [3.63, 3.8) is 0 Å². The molecule has 116 valence electrons. The Kier molecular flexibility index (Phi) is 3.54. The third-order valence-corrected chi connectivity index (χ3v) is 5.17. The van der Waals surface area contributed by atoms with E-state index in [0.29, 0.717) is 0 Å². The molecule has 0 saturated heterocycles. The molecule has 0 bridgehead atoms. The van der Waals surface area contributed by atoms with Crippen LogP contribution in [-0.2, 0) is 13.0 Å². The number of hydrogen-bond acceptors (Lipinski definition) is 3. The minimum Gasteiger partial charge on any atom is -0.497 e. The van der Waals surface area contributed by atoms with E-state index in [1.54, 1.807) is 18.4 Å². The molecular formula is C19H18N2OS. The van der Waals surface area contributed by atoms with Crippen LogP contribution in [0.15, 0.2) is 48.5 Å². The summed E-state index contributed by atoms with van der Waals surface area (Å²) in [5, 5.41) is 2.28. The summed E-state index contributed by atoms with van der Waals surface area (Å²) in [6.45, 7) is 3.02. The lowest BCUT2D eigenvalue weighted by molar-refractivity contribution is 0.415. The summed E-state index contributed by atoms with van der Waals surface area (Å²) in [6, 6.07) is 16.9. The molecule has 4 aromatic rings. The number of benzene rings is 2. The molecule has 0 unspecified atom stereocenters. The zero-order valence-corrected chi connectivity index (χ0v) is 14.1. The average Bonchev–Trinajstić information content (AvgIpc) is 3.09. The molecule has 2 heterocycles. The molecule has 0 radical (unpaired) electrons. The van der Waals surface area contributed by atoms with Gasteiger partial charge in [0.2, 0.25) is 0 Å². The van der Waals surface area contributed by atoms with Crippen LogP contribution in [0.4, 0.5) is 0 Å². The number of hydrogen-bond donors (Lipinski definition) is 0. The molecule has 23 heavy (non-hydrogen) atoms. The number of fused-ring (bicyclic) bond motifs is 3. The molecule has 0 amide bonds. The van der Waals surface area contributed by atoms with E-state index in [0.717, 1.165) is 29.2 Å². The smallest absolute Gasteiger partial charge is 0.124 e. The zero-order valence-electron chi connectivity index (χ0n) is 13.2. The van der Waals surface area contributed by atoms with Crippen LogP contribution in [0.25, 0.3) is 21.3 Å². The SMILES string of the molecule is COc1ccc2c(c1)c1nc(C)sc1n2CCc1ccccc1. The highest BCUT2D eigenvalue weighted by atomic mass is 32.1. The van der Waals surface area contributed by atoms with Gasteiger partial charge >= 0.3 is 0 Å². The molecule has 2 aromatic carbocycles. The molecular weight excluding hydrogens is 304 g/mol. The van der Waals surface area contributed by atoms with Gasteiger partial charge in [0.05, 0.1) is 17.6 Å². The zero-order chi connectivity index (χ0) is 15.8. The highest BCUT2D eigenvalue weighted by Crippen LogP contribution is 2.34. The molecule has 0 saturated carbocycles. The Morgan fingerprint density at radius 2 is 1.96 bits per heavy atom. The predicted octanol–water partition coefficient (Wildman–Crippen LogP) is 4.81. The monoisotopic (exact) mass is 322 g/mol. The van der Waals surface area contributed by atoms with Crippen LogP contribution >= 0.6 is 11.3 Å².